The van der Waals surface area contributed by atoms with Gasteiger partial charge in [-0.1, -0.05) is 58.9 Å². The normalized spacial score (nSPS) is 12.1. The van der Waals surface area contributed by atoms with Crippen molar-refractivity contribution in [3.8, 4) is 0 Å². The fourth-order valence-electron chi connectivity index (χ4n) is 1.82. The summed E-state index contributed by atoms with van der Waals surface area (Å²) in [5.41, 5.74) is 2.95. The van der Waals surface area contributed by atoms with Gasteiger partial charge in [0.05, 0.1) is 6.61 Å². The highest BCUT2D eigenvalue weighted by Crippen LogP contribution is 2.22. The summed E-state index contributed by atoms with van der Waals surface area (Å²) in [7, 11) is 0. The summed E-state index contributed by atoms with van der Waals surface area (Å²) in [6.07, 6.45) is 0. The van der Waals surface area contributed by atoms with Gasteiger partial charge < -0.3 is 10.1 Å². The van der Waals surface area contributed by atoms with E-state index in [0.717, 1.165) is 26.3 Å². The van der Waals surface area contributed by atoms with Crippen molar-refractivity contribution in [1.82, 2.24) is 5.32 Å². The highest BCUT2D eigenvalue weighted by Gasteiger charge is 2.12. The van der Waals surface area contributed by atoms with Crippen LogP contribution in [0.15, 0.2) is 24.3 Å². The van der Waals surface area contributed by atoms with Crippen molar-refractivity contribution >= 4 is 0 Å². The summed E-state index contributed by atoms with van der Waals surface area (Å²) in [5, 5.41) is 3.41. The molecule has 0 saturated carbocycles. The quantitative estimate of drug-likeness (QED) is 0.757. The molecule has 0 fully saturated rings. The van der Waals surface area contributed by atoms with Crippen molar-refractivity contribution in [2.24, 2.45) is 5.92 Å². The average molecular weight is 263 g/mol. The molecule has 19 heavy (non-hydrogen) atoms. The monoisotopic (exact) mass is 263 g/mol. The summed E-state index contributed by atoms with van der Waals surface area (Å²) in [6.45, 7) is 14.5. The van der Waals surface area contributed by atoms with Gasteiger partial charge in [-0.15, -0.1) is 0 Å². The van der Waals surface area contributed by atoms with Crippen LogP contribution < -0.4 is 5.32 Å². The highest BCUT2D eigenvalue weighted by molar-refractivity contribution is 5.27. The van der Waals surface area contributed by atoms with Crippen molar-refractivity contribution in [1.29, 1.82) is 0 Å². The number of nitrogens with one attached hydrogen (secondary N) is 1. The van der Waals surface area contributed by atoms with Gasteiger partial charge in [-0.2, -0.15) is 0 Å². The topological polar surface area (TPSA) is 21.3 Å². The van der Waals surface area contributed by atoms with Crippen LogP contribution in [0.25, 0.3) is 0 Å². The lowest BCUT2D eigenvalue weighted by Crippen LogP contribution is -2.20. The maximum absolute atomic E-state index is 5.53. The molecule has 0 saturated heterocycles. The van der Waals surface area contributed by atoms with Crippen molar-refractivity contribution in [3.63, 3.8) is 0 Å². The molecule has 0 bridgehead atoms. The van der Waals surface area contributed by atoms with E-state index in [1.54, 1.807) is 0 Å². The second kappa shape index (κ2) is 7.66. The predicted octanol–water partition coefficient (Wildman–Crippen LogP) is 3.75. The van der Waals surface area contributed by atoms with Gasteiger partial charge >= 0.3 is 0 Å². The molecule has 0 heterocycles. The van der Waals surface area contributed by atoms with Crippen LogP contribution in [0.1, 0.15) is 45.7 Å². The maximum Gasteiger partial charge on any atom is 0.0591 e. The predicted molar refractivity (Wildman–Crippen MR) is 82.5 cm³/mol. The van der Waals surface area contributed by atoms with Crippen LogP contribution in [0.5, 0.6) is 0 Å². The Labute approximate surface area is 118 Å². The minimum atomic E-state index is 0.233. The summed E-state index contributed by atoms with van der Waals surface area (Å²) < 4.78 is 5.53. The number of hydrogen-bond donors (Lipinski definition) is 1. The van der Waals surface area contributed by atoms with E-state index < -0.39 is 0 Å². The molecule has 0 aromatic heterocycles. The van der Waals surface area contributed by atoms with Crippen LogP contribution in [0.3, 0.4) is 0 Å². The lowest BCUT2D eigenvalue weighted by atomic mass is 9.87. The van der Waals surface area contributed by atoms with Crippen LogP contribution in [0, 0.1) is 5.92 Å². The van der Waals surface area contributed by atoms with Gasteiger partial charge in [0.1, 0.15) is 0 Å². The van der Waals surface area contributed by atoms with E-state index in [0.29, 0.717) is 5.92 Å². The Morgan fingerprint density at radius 3 is 2.26 bits per heavy atom. The first-order valence-corrected chi connectivity index (χ1v) is 7.27. The van der Waals surface area contributed by atoms with Crippen LogP contribution in [0.4, 0.5) is 0 Å². The minimum Gasteiger partial charge on any atom is -0.380 e. The molecule has 0 amide bonds. The van der Waals surface area contributed by atoms with E-state index in [-0.39, 0.29) is 5.41 Å². The first-order valence-electron chi connectivity index (χ1n) is 7.27. The van der Waals surface area contributed by atoms with Gasteiger partial charge in [-0.05, 0) is 22.5 Å². The largest absolute Gasteiger partial charge is 0.380 e. The van der Waals surface area contributed by atoms with Crippen molar-refractivity contribution in [3.05, 3.63) is 35.4 Å². The lowest BCUT2D eigenvalue weighted by Gasteiger charge is -2.19. The zero-order valence-corrected chi connectivity index (χ0v) is 13.1. The molecule has 0 spiro atoms. The Hall–Kier alpha value is -0.860. The van der Waals surface area contributed by atoms with Gasteiger partial charge in [-0.3, -0.25) is 0 Å². The van der Waals surface area contributed by atoms with Gasteiger partial charge in [0.25, 0.3) is 0 Å². The second-order valence-electron chi connectivity index (χ2n) is 6.59. The third kappa shape index (κ3) is 6.74. The smallest absolute Gasteiger partial charge is 0.0591 e. The number of hydrogen-bond acceptors (Lipinski definition) is 2. The van der Waals surface area contributed by atoms with Gasteiger partial charge in [0.2, 0.25) is 0 Å². The van der Waals surface area contributed by atoms with Gasteiger partial charge in [-0.25, -0.2) is 0 Å². The summed E-state index contributed by atoms with van der Waals surface area (Å²) in [5.74, 6) is 0.616. The molecule has 1 aromatic rings. The zero-order chi connectivity index (χ0) is 14.3. The Kier molecular flexibility index (Phi) is 6.53. The maximum atomic E-state index is 5.53. The zero-order valence-electron chi connectivity index (χ0n) is 13.1. The first kappa shape index (κ1) is 16.2. The Bertz CT molecular complexity index is 349. The third-order valence-electron chi connectivity index (χ3n) is 3.02. The van der Waals surface area contributed by atoms with Crippen LogP contribution in [-0.4, -0.2) is 19.8 Å². The molecular formula is C17H29NO. The van der Waals surface area contributed by atoms with E-state index in [1.165, 1.54) is 11.1 Å². The molecule has 0 unspecified atom stereocenters. The Balaban J connectivity index is 2.23. The van der Waals surface area contributed by atoms with Crippen molar-refractivity contribution < 1.29 is 4.74 Å². The standard InChI is InChI=1S/C17H29NO/c1-14(2)13-19-11-10-18-12-15-6-8-16(9-7-15)17(3,4)5/h6-9,14,18H,10-13H2,1-5H3. The van der Waals surface area contributed by atoms with E-state index in [4.69, 9.17) is 4.74 Å². The molecule has 0 atom stereocenters. The van der Waals surface area contributed by atoms with Crippen molar-refractivity contribution in [2.45, 2.75) is 46.6 Å². The van der Waals surface area contributed by atoms with Crippen molar-refractivity contribution in [2.75, 3.05) is 19.8 Å². The van der Waals surface area contributed by atoms with E-state index in [2.05, 4.69) is 64.2 Å². The highest BCUT2D eigenvalue weighted by atomic mass is 16.5. The molecule has 1 N–H and O–H groups in total. The summed E-state index contributed by atoms with van der Waals surface area (Å²) in [4.78, 5) is 0. The molecular weight excluding hydrogens is 234 g/mol. The number of ether oxygens (including phenoxy) is 1. The fourth-order valence-corrected chi connectivity index (χ4v) is 1.82. The molecule has 0 aliphatic heterocycles. The average Bonchev–Trinajstić information content (AvgIpc) is 2.32. The molecule has 0 aliphatic carbocycles. The SMILES string of the molecule is CC(C)COCCNCc1ccc(C(C)(C)C)cc1. The van der Waals surface area contributed by atoms with Crippen LogP contribution >= 0.6 is 0 Å². The number of rotatable bonds is 7. The van der Waals surface area contributed by atoms with Crippen LogP contribution in [0.2, 0.25) is 0 Å². The second-order valence-corrected chi connectivity index (χ2v) is 6.59. The van der Waals surface area contributed by atoms with E-state index in [1.807, 2.05) is 0 Å². The summed E-state index contributed by atoms with van der Waals surface area (Å²) >= 11 is 0. The minimum absolute atomic E-state index is 0.233. The Morgan fingerprint density at radius 1 is 1.11 bits per heavy atom. The molecule has 2 heteroatoms. The molecule has 0 aliphatic rings. The fraction of sp³-hybridized carbons (Fsp3) is 0.647. The van der Waals surface area contributed by atoms with Gasteiger partial charge in [0, 0.05) is 19.7 Å². The molecule has 0 radical (unpaired) electrons. The summed E-state index contributed by atoms with van der Waals surface area (Å²) in [6, 6.07) is 8.88. The van der Waals surface area contributed by atoms with Crippen LogP contribution in [-0.2, 0) is 16.7 Å². The lowest BCUT2D eigenvalue weighted by molar-refractivity contribution is 0.111. The van der Waals surface area contributed by atoms with E-state index >= 15 is 0 Å². The molecule has 108 valence electrons. The Morgan fingerprint density at radius 2 is 1.74 bits per heavy atom. The molecule has 2 nitrogen and oxygen atoms in total. The van der Waals surface area contributed by atoms with Gasteiger partial charge in [0.15, 0.2) is 0 Å². The first-order chi connectivity index (χ1) is 8.89. The number of benzene rings is 1. The third-order valence-corrected chi connectivity index (χ3v) is 3.02. The van der Waals surface area contributed by atoms with E-state index in [9.17, 15) is 0 Å². The molecule has 1 rings (SSSR count). The molecule has 1 aromatic carbocycles.